The molecule has 158 valence electrons. The topological polar surface area (TPSA) is 68.8 Å². The third-order valence-electron chi connectivity index (χ3n) is 6.07. The van der Waals surface area contributed by atoms with E-state index in [0.717, 1.165) is 31.3 Å². The average molecular weight is 406 g/mol. The summed E-state index contributed by atoms with van der Waals surface area (Å²) >= 11 is 0. The van der Waals surface area contributed by atoms with E-state index in [9.17, 15) is 4.79 Å². The van der Waals surface area contributed by atoms with E-state index >= 15 is 0 Å². The van der Waals surface area contributed by atoms with Gasteiger partial charge in [0, 0.05) is 38.2 Å². The van der Waals surface area contributed by atoms with Gasteiger partial charge in [0.25, 0.3) is 0 Å². The molecule has 6 heteroatoms. The van der Waals surface area contributed by atoms with Gasteiger partial charge in [0.2, 0.25) is 5.91 Å². The van der Waals surface area contributed by atoms with E-state index in [2.05, 4.69) is 62.2 Å². The fraction of sp³-hybridized carbons (Fsp3) is 0.417. The molecular weight excluding hydrogens is 374 g/mol. The number of guanidine groups is 1. The molecule has 1 fully saturated rings. The third kappa shape index (κ3) is 4.82. The van der Waals surface area contributed by atoms with Crippen LogP contribution in [0.4, 0.5) is 5.69 Å². The zero-order chi connectivity index (χ0) is 20.8. The van der Waals surface area contributed by atoms with Crippen molar-refractivity contribution in [2.75, 3.05) is 38.5 Å². The monoisotopic (exact) mass is 405 g/mol. The number of aliphatic imine (C=N–C) groups is 1. The number of hydrogen-bond donors (Lipinski definition) is 3. The summed E-state index contributed by atoms with van der Waals surface area (Å²) in [4.78, 5) is 19.0. The normalized spacial score (nSPS) is 20.4. The zero-order valence-electron chi connectivity index (χ0n) is 17.6. The van der Waals surface area contributed by atoms with Crippen LogP contribution in [-0.4, -0.2) is 50.0 Å². The number of nitrogens with zero attached hydrogens (tertiary/aromatic N) is 2. The van der Waals surface area contributed by atoms with Crippen LogP contribution in [0.5, 0.6) is 0 Å². The van der Waals surface area contributed by atoms with Gasteiger partial charge in [0.15, 0.2) is 5.96 Å². The number of nitrogens with one attached hydrogen (secondary N) is 3. The van der Waals surface area contributed by atoms with Gasteiger partial charge >= 0.3 is 0 Å². The van der Waals surface area contributed by atoms with Crippen LogP contribution in [-0.2, 0) is 4.79 Å². The van der Waals surface area contributed by atoms with Gasteiger partial charge in [-0.25, -0.2) is 0 Å². The zero-order valence-corrected chi connectivity index (χ0v) is 17.6. The molecule has 2 aliphatic heterocycles. The average Bonchev–Trinajstić information content (AvgIpc) is 3.31. The fourth-order valence-corrected chi connectivity index (χ4v) is 4.50. The predicted molar refractivity (Wildman–Crippen MR) is 122 cm³/mol. The van der Waals surface area contributed by atoms with E-state index in [1.165, 1.54) is 24.0 Å². The highest BCUT2D eigenvalue weighted by atomic mass is 16.1. The number of rotatable bonds is 6. The molecule has 2 unspecified atom stereocenters. The van der Waals surface area contributed by atoms with Gasteiger partial charge in [-0.05, 0) is 43.1 Å². The van der Waals surface area contributed by atoms with Crippen molar-refractivity contribution < 1.29 is 4.79 Å². The molecule has 0 radical (unpaired) electrons. The number of amides is 1. The molecule has 6 nitrogen and oxygen atoms in total. The first-order chi connectivity index (χ1) is 14.7. The van der Waals surface area contributed by atoms with Crippen molar-refractivity contribution in [3.8, 4) is 0 Å². The van der Waals surface area contributed by atoms with E-state index < -0.39 is 0 Å². The van der Waals surface area contributed by atoms with Crippen LogP contribution in [0.25, 0.3) is 0 Å². The van der Waals surface area contributed by atoms with E-state index in [1.54, 1.807) is 7.05 Å². The van der Waals surface area contributed by atoms with E-state index in [-0.39, 0.29) is 11.8 Å². The van der Waals surface area contributed by atoms with Crippen LogP contribution >= 0.6 is 0 Å². The molecule has 0 saturated carbocycles. The lowest BCUT2D eigenvalue weighted by molar-refractivity contribution is -0.116. The number of anilines is 1. The van der Waals surface area contributed by atoms with Crippen molar-refractivity contribution in [2.45, 2.75) is 31.2 Å². The highest BCUT2D eigenvalue weighted by molar-refractivity contribution is 5.94. The predicted octanol–water partition coefficient (Wildman–Crippen LogP) is 3.11. The number of para-hydroxylation sites is 1. The maximum atomic E-state index is 12.1. The second-order valence-electron chi connectivity index (χ2n) is 8.04. The lowest BCUT2D eigenvalue weighted by atomic mass is 9.90. The number of carbonyl (C=O) groups is 1. The minimum atomic E-state index is 0.0709. The highest BCUT2D eigenvalue weighted by Crippen LogP contribution is 2.31. The Bertz CT molecular complexity index is 876. The minimum absolute atomic E-state index is 0.0709. The second-order valence-corrected chi connectivity index (χ2v) is 8.04. The minimum Gasteiger partial charge on any atom is -0.356 e. The van der Waals surface area contributed by atoms with Crippen molar-refractivity contribution in [3.63, 3.8) is 0 Å². The summed E-state index contributed by atoms with van der Waals surface area (Å²) in [6, 6.07) is 19.1. The Labute approximate surface area is 178 Å². The molecule has 3 N–H and O–H groups in total. The standard InChI is InChI=1S/C24H31N5O/c1-25-24(26-16-19-15-23(30)28-21-12-6-5-11-20(19)21)27-17-22(29-13-7-8-14-29)18-9-3-2-4-10-18/h2-6,9-12,19,22H,7-8,13-17H2,1H3,(H,28,30)(H2,25,26,27). The van der Waals surface area contributed by atoms with Crippen molar-refractivity contribution in [2.24, 2.45) is 4.99 Å². The molecule has 0 aliphatic carbocycles. The van der Waals surface area contributed by atoms with Gasteiger partial charge in [-0.2, -0.15) is 0 Å². The summed E-state index contributed by atoms with van der Waals surface area (Å²) in [6.45, 7) is 3.75. The number of carbonyl (C=O) groups excluding carboxylic acids is 1. The van der Waals surface area contributed by atoms with Crippen LogP contribution in [0.2, 0.25) is 0 Å². The summed E-state index contributed by atoms with van der Waals surface area (Å²) < 4.78 is 0. The van der Waals surface area contributed by atoms with Gasteiger partial charge in [-0.1, -0.05) is 48.5 Å². The van der Waals surface area contributed by atoms with Crippen LogP contribution in [0.1, 0.15) is 42.3 Å². The van der Waals surface area contributed by atoms with Gasteiger partial charge in [-0.15, -0.1) is 0 Å². The summed E-state index contributed by atoms with van der Waals surface area (Å²) in [7, 11) is 1.80. The van der Waals surface area contributed by atoms with Crippen molar-refractivity contribution in [1.82, 2.24) is 15.5 Å². The van der Waals surface area contributed by atoms with Crippen molar-refractivity contribution >= 4 is 17.6 Å². The maximum absolute atomic E-state index is 12.1. The van der Waals surface area contributed by atoms with Gasteiger partial charge < -0.3 is 16.0 Å². The van der Waals surface area contributed by atoms with Gasteiger partial charge in [0.05, 0.1) is 6.04 Å². The fourth-order valence-electron chi connectivity index (χ4n) is 4.50. The maximum Gasteiger partial charge on any atom is 0.225 e. The second kappa shape index (κ2) is 9.76. The Hall–Kier alpha value is -2.86. The molecule has 0 spiro atoms. The van der Waals surface area contributed by atoms with Crippen LogP contribution < -0.4 is 16.0 Å². The Balaban J connectivity index is 1.38. The first kappa shape index (κ1) is 20.4. The van der Waals surface area contributed by atoms with Crippen LogP contribution in [0.3, 0.4) is 0 Å². The van der Waals surface area contributed by atoms with E-state index in [0.29, 0.717) is 19.0 Å². The molecule has 2 aromatic rings. The highest BCUT2D eigenvalue weighted by Gasteiger charge is 2.26. The van der Waals surface area contributed by atoms with Gasteiger partial charge in [-0.3, -0.25) is 14.7 Å². The Morgan fingerprint density at radius 1 is 1.10 bits per heavy atom. The largest absolute Gasteiger partial charge is 0.356 e. The molecule has 0 bridgehead atoms. The Morgan fingerprint density at radius 3 is 2.60 bits per heavy atom. The SMILES string of the molecule is CN=C(NCC1CC(=O)Nc2ccccc21)NCC(c1ccccc1)N1CCCC1. The van der Waals surface area contributed by atoms with Crippen LogP contribution in [0.15, 0.2) is 59.6 Å². The summed E-state index contributed by atoms with van der Waals surface area (Å²) in [5.41, 5.74) is 3.43. The number of fused-ring (bicyclic) bond motifs is 1. The Kier molecular flexibility index (Phi) is 6.64. The first-order valence-electron chi connectivity index (χ1n) is 10.9. The van der Waals surface area contributed by atoms with Gasteiger partial charge in [0.1, 0.15) is 0 Å². The van der Waals surface area contributed by atoms with Crippen molar-refractivity contribution in [3.05, 3.63) is 65.7 Å². The molecule has 2 heterocycles. The molecule has 0 aromatic heterocycles. The smallest absolute Gasteiger partial charge is 0.225 e. The van der Waals surface area contributed by atoms with Crippen LogP contribution in [0, 0.1) is 0 Å². The number of benzene rings is 2. The molecule has 4 rings (SSSR count). The lowest BCUT2D eigenvalue weighted by Crippen LogP contribution is -2.44. The molecule has 1 saturated heterocycles. The molecule has 1 amide bonds. The molecule has 30 heavy (non-hydrogen) atoms. The first-order valence-corrected chi connectivity index (χ1v) is 10.9. The Morgan fingerprint density at radius 2 is 1.83 bits per heavy atom. The molecule has 2 atom stereocenters. The quantitative estimate of drug-likeness (QED) is 0.510. The summed E-state index contributed by atoms with van der Waals surface area (Å²) in [6.07, 6.45) is 3.01. The van der Waals surface area contributed by atoms with Crippen molar-refractivity contribution in [1.29, 1.82) is 0 Å². The number of likely N-dealkylation sites (tertiary alicyclic amines) is 1. The summed E-state index contributed by atoms with van der Waals surface area (Å²) in [5, 5.41) is 9.92. The lowest BCUT2D eigenvalue weighted by Gasteiger charge is -2.29. The van der Waals surface area contributed by atoms with E-state index in [4.69, 9.17) is 0 Å². The number of hydrogen-bond acceptors (Lipinski definition) is 3. The van der Waals surface area contributed by atoms with E-state index in [1.807, 2.05) is 18.2 Å². The summed E-state index contributed by atoms with van der Waals surface area (Å²) in [5.74, 6) is 0.984. The third-order valence-corrected chi connectivity index (χ3v) is 6.07. The molecular formula is C24H31N5O. The molecule has 2 aromatic carbocycles. The molecule has 2 aliphatic rings.